The quantitative estimate of drug-likeness (QED) is 0.478. The first-order chi connectivity index (χ1) is 17.9. The molecule has 1 aromatic heterocycles. The van der Waals surface area contributed by atoms with Crippen molar-refractivity contribution in [2.75, 3.05) is 19.9 Å². The maximum absolute atomic E-state index is 13.1. The zero-order valence-corrected chi connectivity index (χ0v) is 21.3. The molecular weight excluding hydrogens is 490 g/mol. The number of carbonyl (C=O) groups excluding carboxylic acids is 3. The molecule has 4 heterocycles. The Hall–Kier alpha value is -3.98. The highest BCUT2D eigenvalue weighted by Gasteiger charge is 2.37. The van der Waals surface area contributed by atoms with Gasteiger partial charge in [0.2, 0.25) is 12.7 Å². The Kier molecular flexibility index (Phi) is 5.79. The Balaban J connectivity index is 1.20. The molecule has 1 fully saturated rings. The molecule has 9 heteroatoms. The van der Waals surface area contributed by atoms with Crippen LogP contribution in [-0.4, -0.2) is 51.3 Å². The van der Waals surface area contributed by atoms with Crippen LogP contribution in [0, 0.1) is 13.8 Å². The molecule has 0 bridgehead atoms. The van der Waals surface area contributed by atoms with Crippen molar-refractivity contribution in [3.63, 3.8) is 0 Å². The maximum Gasteiger partial charge on any atom is 0.294 e. The zero-order valence-electron chi connectivity index (χ0n) is 20.5. The van der Waals surface area contributed by atoms with E-state index in [4.69, 9.17) is 9.47 Å². The van der Waals surface area contributed by atoms with Crippen molar-refractivity contribution in [1.82, 2.24) is 14.4 Å². The van der Waals surface area contributed by atoms with Gasteiger partial charge in [-0.05, 0) is 73.0 Å². The van der Waals surface area contributed by atoms with Gasteiger partial charge in [0.05, 0.1) is 4.91 Å². The first-order valence-corrected chi connectivity index (χ1v) is 12.9. The summed E-state index contributed by atoms with van der Waals surface area (Å²) in [5.74, 6) is 0.741. The number of aryl methyl sites for hydroxylation is 1. The molecule has 0 N–H and O–H groups in total. The van der Waals surface area contributed by atoms with Crippen molar-refractivity contribution in [3.05, 3.63) is 81.5 Å². The average molecular weight is 516 g/mol. The number of aromatic nitrogens is 1. The molecule has 0 spiro atoms. The molecule has 0 saturated carbocycles. The topological polar surface area (TPSA) is 81.1 Å². The minimum absolute atomic E-state index is 0.206. The second-order valence-electron chi connectivity index (χ2n) is 9.30. The van der Waals surface area contributed by atoms with Crippen molar-refractivity contribution in [1.29, 1.82) is 0 Å². The van der Waals surface area contributed by atoms with Gasteiger partial charge in [-0.3, -0.25) is 19.3 Å². The second kappa shape index (κ2) is 9.15. The molecule has 2 aromatic carbocycles. The summed E-state index contributed by atoms with van der Waals surface area (Å²) in [5.41, 5.74) is 5.99. The van der Waals surface area contributed by atoms with Crippen molar-refractivity contribution in [2.24, 2.45) is 0 Å². The number of ether oxygens (including phenoxy) is 2. The summed E-state index contributed by atoms with van der Waals surface area (Å²) >= 11 is 0.872. The van der Waals surface area contributed by atoms with Gasteiger partial charge in [0.15, 0.2) is 11.5 Å². The summed E-state index contributed by atoms with van der Waals surface area (Å²) in [7, 11) is 0. The van der Waals surface area contributed by atoms with E-state index in [-0.39, 0.29) is 19.2 Å². The number of hydrogen-bond acceptors (Lipinski definition) is 6. The molecule has 37 heavy (non-hydrogen) atoms. The highest BCUT2D eigenvalue weighted by atomic mass is 32.2. The number of thioether (sulfide) groups is 1. The predicted octanol–water partition coefficient (Wildman–Crippen LogP) is 4.44. The number of benzene rings is 2. The number of carbonyl (C=O) groups is 3. The van der Waals surface area contributed by atoms with Gasteiger partial charge < -0.3 is 18.9 Å². The fourth-order valence-corrected chi connectivity index (χ4v) is 5.91. The average Bonchev–Trinajstić information content (AvgIpc) is 3.55. The second-order valence-corrected chi connectivity index (χ2v) is 10.3. The van der Waals surface area contributed by atoms with Gasteiger partial charge in [-0.25, -0.2) is 0 Å². The van der Waals surface area contributed by atoms with Crippen LogP contribution in [0.5, 0.6) is 11.5 Å². The molecule has 1 saturated heterocycles. The third-order valence-corrected chi connectivity index (χ3v) is 7.93. The van der Waals surface area contributed by atoms with Crippen LogP contribution >= 0.6 is 11.8 Å². The lowest BCUT2D eigenvalue weighted by Gasteiger charge is -2.29. The van der Waals surface area contributed by atoms with E-state index in [1.165, 1.54) is 5.56 Å². The Labute approximate surface area is 218 Å². The predicted molar refractivity (Wildman–Crippen MR) is 140 cm³/mol. The van der Waals surface area contributed by atoms with Gasteiger partial charge >= 0.3 is 0 Å². The Morgan fingerprint density at radius 1 is 1.03 bits per heavy atom. The molecule has 0 aliphatic carbocycles. The molecule has 8 nitrogen and oxygen atoms in total. The van der Waals surface area contributed by atoms with E-state index < -0.39 is 11.1 Å². The van der Waals surface area contributed by atoms with E-state index in [1.54, 1.807) is 11.0 Å². The minimum atomic E-state index is -0.436. The fraction of sp³-hybridized carbons (Fsp3) is 0.250. The largest absolute Gasteiger partial charge is 0.454 e. The van der Waals surface area contributed by atoms with Crippen LogP contribution in [0.15, 0.2) is 53.4 Å². The van der Waals surface area contributed by atoms with Crippen LogP contribution in [-0.2, 0) is 22.6 Å². The molecule has 3 aliphatic heterocycles. The number of nitrogens with zero attached hydrogens (tertiary/aromatic N) is 3. The Bertz CT molecular complexity index is 1490. The zero-order chi connectivity index (χ0) is 25.7. The normalized spacial score (nSPS) is 17.6. The van der Waals surface area contributed by atoms with Gasteiger partial charge in [0.1, 0.15) is 6.54 Å². The lowest BCUT2D eigenvalue weighted by Crippen LogP contribution is -2.44. The molecule has 0 atom stereocenters. The number of amides is 3. The van der Waals surface area contributed by atoms with E-state index in [9.17, 15) is 14.4 Å². The van der Waals surface area contributed by atoms with Gasteiger partial charge in [0.25, 0.3) is 11.1 Å². The van der Waals surface area contributed by atoms with E-state index in [1.807, 2.05) is 56.3 Å². The van der Waals surface area contributed by atoms with Crippen LogP contribution in [0.4, 0.5) is 4.79 Å². The van der Waals surface area contributed by atoms with Crippen LogP contribution in [0.1, 0.15) is 28.1 Å². The molecule has 3 amide bonds. The Morgan fingerprint density at radius 2 is 1.81 bits per heavy atom. The third-order valence-electron chi connectivity index (χ3n) is 7.02. The number of hydrogen-bond donors (Lipinski definition) is 0. The van der Waals surface area contributed by atoms with E-state index in [2.05, 4.69) is 10.6 Å². The molecule has 6 rings (SSSR count). The summed E-state index contributed by atoms with van der Waals surface area (Å²) < 4.78 is 13.0. The highest BCUT2D eigenvalue weighted by molar-refractivity contribution is 8.18. The minimum Gasteiger partial charge on any atom is -0.454 e. The third kappa shape index (κ3) is 4.19. The molecule has 188 valence electrons. The maximum atomic E-state index is 13.1. The van der Waals surface area contributed by atoms with Crippen molar-refractivity contribution >= 4 is 34.9 Å². The fourth-order valence-electron chi connectivity index (χ4n) is 5.08. The van der Waals surface area contributed by atoms with Gasteiger partial charge in [0, 0.05) is 36.2 Å². The van der Waals surface area contributed by atoms with Crippen LogP contribution < -0.4 is 9.47 Å². The summed E-state index contributed by atoms with van der Waals surface area (Å²) in [4.78, 5) is 41.9. The lowest BCUT2D eigenvalue weighted by atomic mass is 10.00. The van der Waals surface area contributed by atoms with Crippen LogP contribution in [0.25, 0.3) is 11.8 Å². The van der Waals surface area contributed by atoms with Gasteiger partial charge in [-0.2, -0.15) is 0 Å². The number of rotatable bonds is 4. The number of imide groups is 1. The first-order valence-electron chi connectivity index (χ1n) is 12.1. The molecule has 0 unspecified atom stereocenters. The standard InChI is InChI=1S/C28H25N3O5S/c1-17-11-21(18(2)31(17)22-7-8-23-24(13-22)36-16-35-23)12-25-27(33)30(28(34)37-25)15-26(32)29-10-9-19-5-3-4-6-20(19)14-29/h3-8,11-13H,9-10,14-16H2,1-2H3/b25-12-. The van der Waals surface area contributed by atoms with Crippen LogP contribution in [0.2, 0.25) is 0 Å². The SMILES string of the molecule is Cc1cc(/C=C2\SC(=O)N(CC(=O)N3CCc4ccccc4C3)C2=O)c(C)n1-c1ccc2c(c1)OCO2. The summed E-state index contributed by atoms with van der Waals surface area (Å²) in [5, 5.41) is -0.424. The summed E-state index contributed by atoms with van der Waals surface area (Å²) in [6.07, 6.45) is 2.50. The molecular formula is C28H25N3O5S. The smallest absolute Gasteiger partial charge is 0.294 e. The number of fused-ring (bicyclic) bond motifs is 2. The molecule has 3 aliphatic rings. The highest BCUT2D eigenvalue weighted by Crippen LogP contribution is 2.37. The van der Waals surface area contributed by atoms with Crippen molar-refractivity contribution in [3.8, 4) is 17.2 Å². The molecule has 0 radical (unpaired) electrons. The summed E-state index contributed by atoms with van der Waals surface area (Å²) in [6, 6.07) is 15.8. The van der Waals surface area contributed by atoms with E-state index in [0.29, 0.717) is 29.5 Å². The van der Waals surface area contributed by atoms with Gasteiger partial charge in [-0.1, -0.05) is 24.3 Å². The Morgan fingerprint density at radius 3 is 2.65 bits per heavy atom. The van der Waals surface area contributed by atoms with E-state index >= 15 is 0 Å². The first kappa shape index (κ1) is 23.4. The lowest BCUT2D eigenvalue weighted by molar-refractivity contribution is -0.136. The van der Waals surface area contributed by atoms with Gasteiger partial charge in [-0.15, -0.1) is 0 Å². The monoisotopic (exact) mass is 515 g/mol. The molecule has 3 aromatic rings. The van der Waals surface area contributed by atoms with Crippen LogP contribution in [0.3, 0.4) is 0 Å². The summed E-state index contributed by atoms with van der Waals surface area (Å²) in [6.45, 7) is 4.97. The van der Waals surface area contributed by atoms with E-state index in [0.717, 1.165) is 51.3 Å². The van der Waals surface area contributed by atoms with Crippen molar-refractivity contribution < 1.29 is 23.9 Å². The van der Waals surface area contributed by atoms with Crippen molar-refractivity contribution in [2.45, 2.75) is 26.8 Å².